The van der Waals surface area contributed by atoms with Crippen LogP contribution in [-0.2, 0) is 0 Å². The van der Waals surface area contributed by atoms with E-state index in [0.717, 1.165) is 32.5 Å². The number of urea groups is 1. The van der Waals surface area contributed by atoms with Gasteiger partial charge < -0.3 is 20.0 Å². The van der Waals surface area contributed by atoms with Gasteiger partial charge in [0.1, 0.15) is 5.82 Å². The van der Waals surface area contributed by atoms with Crippen molar-refractivity contribution < 1.29 is 14.0 Å². The SMILES string of the molecule is CCN1CCC(NC(=O)N2CCN(C(=O)c3ccccc3F)CC2)CC1. The Labute approximate surface area is 153 Å². The first-order valence-electron chi connectivity index (χ1n) is 9.40. The molecule has 0 aliphatic carbocycles. The van der Waals surface area contributed by atoms with Crippen molar-refractivity contribution in [3.05, 3.63) is 35.6 Å². The van der Waals surface area contributed by atoms with E-state index in [4.69, 9.17) is 0 Å². The molecule has 2 aliphatic heterocycles. The minimum Gasteiger partial charge on any atom is -0.335 e. The topological polar surface area (TPSA) is 55.9 Å². The van der Waals surface area contributed by atoms with Gasteiger partial charge in [-0.2, -0.15) is 0 Å². The normalized spacial score (nSPS) is 19.5. The van der Waals surface area contributed by atoms with E-state index in [1.807, 2.05) is 0 Å². The van der Waals surface area contributed by atoms with Crippen molar-refractivity contribution in [2.45, 2.75) is 25.8 Å². The minimum absolute atomic E-state index is 0.0575. The van der Waals surface area contributed by atoms with Crippen molar-refractivity contribution >= 4 is 11.9 Å². The Morgan fingerprint density at radius 3 is 2.27 bits per heavy atom. The van der Waals surface area contributed by atoms with E-state index in [0.29, 0.717) is 26.2 Å². The zero-order valence-electron chi connectivity index (χ0n) is 15.3. The molecule has 0 radical (unpaired) electrons. The highest BCUT2D eigenvalue weighted by atomic mass is 19.1. The maximum absolute atomic E-state index is 13.8. The lowest BCUT2D eigenvalue weighted by Gasteiger charge is -2.37. The van der Waals surface area contributed by atoms with Crippen LogP contribution in [0.15, 0.2) is 24.3 Å². The molecule has 0 atom stereocenters. The number of benzene rings is 1. The molecule has 0 saturated carbocycles. The maximum Gasteiger partial charge on any atom is 0.317 e. The predicted molar refractivity (Wildman–Crippen MR) is 97.5 cm³/mol. The summed E-state index contributed by atoms with van der Waals surface area (Å²) in [6.07, 6.45) is 1.95. The molecule has 2 heterocycles. The fourth-order valence-corrected chi connectivity index (χ4v) is 3.58. The molecule has 0 aromatic heterocycles. The average Bonchev–Trinajstić information content (AvgIpc) is 2.68. The van der Waals surface area contributed by atoms with E-state index in [2.05, 4.69) is 17.1 Å². The lowest BCUT2D eigenvalue weighted by Crippen LogP contribution is -2.55. The number of hydrogen-bond donors (Lipinski definition) is 1. The summed E-state index contributed by atoms with van der Waals surface area (Å²) in [7, 11) is 0. The Hall–Kier alpha value is -2.15. The Balaban J connectivity index is 1.47. The van der Waals surface area contributed by atoms with Gasteiger partial charge in [-0.25, -0.2) is 9.18 Å². The van der Waals surface area contributed by atoms with Crippen molar-refractivity contribution in [3.8, 4) is 0 Å². The first kappa shape index (κ1) is 18.6. The van der Waals surface area contributed by atoms with Gasteiger partial charge in [0.15, 0.2) is 0 Å². The molecular formula is C19H27FN4O2. The van der Waals surface area contributed by atoms with Crippen molar-refractivity contribution in [3.63, 3.8) is 0 Å². The van der Waals surface area contributed by atoms with Gasteiger partial charge in [0, 0.05) is 45.3 Å². The van der Waals surface area contributed by atoms with Crippen LogP contribution in [0.25, 0.3) is 0 Å². The molecule has 3 rings (SSSR count). The third kappa shape index (κ3) is 4.33. The molecule has 1 N–H and O–H groups in total. The van der Waals surface area contributed by atoms with Crippen LogP contribution in [-0.4, -0.2) is 78.5 Å². The highest BCUT2D eigenvalue weighted by molar-refractivity contribution is 5.94. The monoisotopic (exact) mass is 362 g/mol. The fourth-order valence-electron chi connectivity index (χ4n) is 3.58. The van der Waals surface area contributed by atoms with Gasteiger partial charge in [0.05, 0.1) is 5.56 Å². The van der Waals surface area contributed by atoms with Crippen LogP contribution in [0.5, 0.6) is 0 Å². The number of piperidine rings is 1. The van der Waals surface area contributed by atoms with Crippen molar-refractivity contribution in [2.75, 3.05) is 45.8 Å². The molecule has 7 heteroatoms. The van der Waals surface area contributed by atoms with E-state index in [1.165, 1.54) is 12.1 Å². The summed E-state index contributed by atoms with van der Waals surface area (Å²) in [5, 5.41) is 3.11. The van der Waals surface area contributed by atoms with Gasteiger partial charge in [0.2, 0.25) is 0 Å². The summed E-state index contributed by atoms with van der Waals surface area (Å²) < 4.78 is 13.8. The van der Waals surface area contributed by atoms with Crippen LogP contribution in [0.4, 0.5) is 9.18 Å². The highest BCUT2D eigenvalue weighted by Gasteiger charge is 2.28. The van der Waals surface area contributed by atoms with Crippen LogP contribution in [0, 0.1) is 5.82 Å². The molecule has 2 fully saturated rings. The van der Waals surface area contributed by atoms with Crippen molar-refractivity contribution in [2.24, 2.45) is 0 Å². The van der Waals surface area contributed by atoms with Crippen LogP contribution in [0.3, 0.4) is 0 Å². The largest absolute Gasteiger partial charge is 0.335 e. The summed E-state index contributed by atoms with van der Waals surface area (Å²) in [5.41, 5.74) is 0.0908. The molecule has 142 valence electrons. The summed E-state index contributed by atoms with van der Waals surface area (Å²) in [5.74, 6) is -0.814. The smallest absolute Gasteiger partial charge is 0.317 e. The third-order valence-electron chi connectivity index (χ3n) is 5.32. The van der Waals surface area contributed by atoms with Crippen LogP contribution in [0.1, 0.15) is 30.1 Å². The zero-order chi connectivity index (χ0) is 18.5. The van der Waals surface area contributed by atoms with E-state index in [1.54, 1.807) is 21.9 Å². The van der Waals surface area contributed by atoms with Gasteiger partial charge in [-0.15, -0.1) is 0 Å². The summed E-state index contributed by atoms with van der Waals surface area (Å²) in [6.45, 7) is 7.04. The summed E-state index contributed by atoms with van der Waals surface area (Å²) in [6, 6.07) is 6.19. The number of carbonyl (C=O) groups excluding carboxylic acids is 2. The van der Waals surface area contributed by atoms with Crippen LogP contribution in [0.2, 0.25) is 0 Å². The van der Waals surface area contributed by atoms with Crippen molar-refractivity contribution in [1.29, 1.82) is 0 Å². The lowest BCUT2D eigenvalue weighted by molar-refractivity contribution is 0.0656. The Morgan fingerprint density at radius 2 is 1.65 bits per heavy atom. The number of nitrogens with zero attached hydrogens (tertiary/aromatic N) is 3. The van der Waals surface area contributed by atoms with Gasteiger partial charge >= 0.3 is 6.03 Å². The van der Waals surface area contributed by atoms with E-state index in [9.17, 15) is 14.0 Å². The molecule has 2 aliphatic rings. The molecule has 6 nitrogen and oxygen atoms in total. The Morgan fingerprint density at radius 1 is 1.04 bits per heavy atom. The molecule has 3 amide bonds. The first-order valence-corrected chi connectivity index (χ1v) is 9.40. The molecule has 1 aromatic carbocycles. The molecule has 1 aromatic rings. The number of halogens is 1. The van der Waals surface area contributed by atoms with E-state index >= 15 is 0 Å². The maximum atomic E-state index is 13.8. The number of nitrogens with one attached hydrogen (secondary N) is 1. The molecule has 2 saturated heterocycles. The van der Waals surface area contributed by atoms with Gasteiger partial charge in [-0.3, -0.25) is 4.79 Å². The number of hydrogen-bond acceptors (Lipinski definition) is 3. The minimum atomic E-state index is -0.504. The van der Waals surface area contributed by atoms with Crippen LogP contribution < -0.4 is 5.32 Å². The van der Waals surface area contributed by atoms with E-state index in [-0.39, 0.29) is 23.5 Å². The fraction of sp³-hybridized carbons (Fsp3) is 0.579. The number of piperazine rings is 1. The summed E-state index contributed by atoms with van der Waals surface area (Å²) >= 11 is 0. The van der Waals surface area contributed by atoms with Crippen LogP contribution >= 0.6 is 0 Å². The molecule has 0 unspecified atom stereocenters. The highest BCUT2D eigenvalue weighted by Crippen LogP contribution is 2.14. The average molecular weight is 362 g/mol. The second-order valence-electron chi connectivity index (χ2n) is 6.92. The lowest BCUT2D eigenvalue weighted by atomic mass is 10.1. The Kier molecular flexibility index (Phi) is 6.08. The second kappa shape index (κ2) is 8.49. The Bertz CT molecular complexity index is 638. The zero-order valence-corrected chi connectivity index (χ0v) is 15.3. The number of amides is 3. The standard InChI is InChI=1S/C19H27FN4O2/c1-2-22-9-7-15(8-10-22)21-19(26)24-13-11-23(12-14-24)18(25)16-5-3-4-6-17(16)20/h3-6,15H,2,7-14H2,1H3,(H,21,26). The van der Waals surface area contributed by atoms with E-state index < -0.39 is 5.82 Å². The van der Waals surface area contributed by atoms with Gasteiger partial charge in [-0.05, 0) is 31.5 Å². The second-order valence-corrected chi connectivity index (χ2v) is 6.92. The third-order valence-corrected chi connectivity index (χ3v) is 5.32. The number of likely N-dealkylation sites (tertiary alicyclic amines) is 1. The number of rotatable bonds is 3. The van der Waals surface area contributed by atoms with Crippen molar-refractivity contribution in [1.82, 2.24) is 20.0 Å². The van der Waals surface area contributed by atoms with Gasteiger partial charge in [-0.1, -0.05) is 19.1 Å². The first-order chi connectivity index (χ1) is 12.6. The molecular weight excluding hydrogens is 335 g/mol. The molecule has 26 heavy (non-hydrogen) atoms. The predicted octanol–water partition coefficient (Wildman–Crippen LogP) is 1.78. The van der Waals surface area contributed by atoms with Gasteiger partial charge in [0.25, 0.3) is 5.91 Å². The number of carbonyl (C=O) groups is 2. The molecule has 0 spiro atoms. The summed E-state index contributed by atoms with van der Waals surface area (Å²) in [4.78, 5) is 30.6. The molecule has 0 bridgehead atoms. The quantitative estimate of drug-likeness (QED) is 0.892.